The molecule has 0 bridgehead atoms. The maximum absolute atomic E-state index is 12.6. The summed E-state index contributed by atoms with van der Waals surface area (Å²) in [6, 6.07) is 1.75. The van der Waals surface area contributed by atoms with Crippen molar-refractivity contribution < 1.29 is 22.8 Å². The van der Waals surface area contributed by atoms with Gasteiger partial charge in [0.1, 0.15) is 6.10 Å². The first-order valence-corrected chi connectivity index (χ1v) is 6.93. The zero-order chi connectivity index (χ0) is 15.7. The Labute approximate surface area is 125 Å². The molecule has 2 aromatic heterocycles. The third-order valence-electron chi connectivity index (χ3n) is 3.38. The summed E-state index contributed by atoms with van der Waals surface area (Å²) in [6.07, 6.45) is 1.49. The topological polar surface area (TPSA) is 70.3 Å². The molecule has 3 heterocycles. The first-order valence-electron chi connectivity index (χ1n) is 6.93. The zero-order valence-corrected chi connectivity index (χ0v) is 12.2. The Morgan fingerprint density at radius 3 is 2.82 bits per heavy atom. The first kappa shape index (κ1) is 14.8. The molecule has 1 unspecified atom stereocenters. The molecule has 1 saturated heterocycles. The van der Waals surface area contributed by atoms with E-state index >= 15 is 0 Å². The Morgan fingerprint density at radius 1 is 1.32 bits per heavy atom. The second-order valence-electron chi connectivity index (χ2n) is 5.10. The summed E-state index contributed by atoms with van der Waals surface area (Å²) in [4.78, 5) is 8.26. The van der Waals surface area contributed by atoms with Crippen molar-refractivity contribution in [2.75, 3.05) is 6.61 Å². The normalized spacial score (nSPS) is 18.1. The van der Waals surface area contributed by atoms with Gasteiger partial charge in [-0.25, -0.2) is 4.98 Å². The smallest absolute Gasteiger partial charge is 0.388 e. The number of alkyl halides is 2. The van der Waals surface area contributed by atoms with Crippen LogP contribution in [0, 0.1) is 13.8 Å². The van der Waals surface area contributed by atoms with Crippen molar-refractivity contribution in [3.8, 4) is 17.3 Å². The lowest BCUT2D eigenvalue weighted by Crippen LogP contribution is -2.07. The maximum atomic E-state index is 12.6. The minimum Gasteiger partial charge on any atom is -0.416 e. The summed E-state index contributed by atoms with van der Waals surface area (Å²) in [5.41, 5.74) is 1.56. The lowest BCUT2D eigenvalue weighted by Gasteiger charge is -2.10. The van der Waals surface area contributed by atoms with E-state index in [-0.39, 0.29) is 17.8 Å². The fraction of sp³-hybridized carbons (Fsp3) is 0.500. The molecule has 0 saturated carbocycles. The zero-order valence-electron chi connectivity index (χ0n) is 12.2. The molecule has 1 atom stereocenters. The molecule has 118 valence electrons. The van der Waals surface area contributed by atoms with E-state index in [1.807, 2.05) is 0 Å². The molecule has 0 radical (unpaired) electrons. The summed E-state index contributed by atoms with van der Waals surface area (Å²) in [5.74, 6) is 0.314. The minimum atomic E-state index is -2.98. The second-order valence-corrected chi connectivity index (χ2v) is 5.10. The van der Waals surface area contributed by atoms with Crippen LogP contribution in [0.4, 0.5) is 8.78 Å². The van der Waals surface area contributed by atoms with Crippen LogP contribution in [0.5, 0.6) is 5.88 Å². The Morgan fingerprint density at radius 2 is 2.14 bits per heavy atom. The standard InChI is InChI=1S/C14H15F2N3O3/c1-7-6-8(2)17-13(21-14(15)16)10(7)11-18-12(22-19-11)9-4-3-5-20-9/h6,9,14H,3-5H2,1-2H3. The average Bonchev–Trinajstić information content (AvgIpc) is 3.07. The highest BCUT2D eigenvalue weighted by molar-refractivity contribution is 5.66. The van der Waals surface area contributed by atoms with Crippen LogP contribution < -0.4 is 4.74 Å². The van der Waals surface area contributed by atoms with Crippen molar-refractivity contribution in [2.45, 2.75) is 39.4 Å². The van der Waals surface area contributed by atoms with Crippen molar-refractivity contribution >= 4 is 0 Å². The largest absolute Gasteiger partial charge is 0.416 e. The molecule has 1 aliphatic rings. The van der Waals surface area contributed by atoms with Gasteiger partial charge in [-0.1, -0.05) is 5.16 Å². The van der Waals surface area contributed by atoms with Gasteiger partial charge in [0.15, 0.2) is 0 Å². The summed E-state index contributed by atoms with van der Waals surface area (Å²) in [7, 11) is 0. The number of hydrogen-bond donors (Lipinski definition) is 0. The predicted octanol–water partition coefficient (Wildman–Crippen LogP) is 3.20. The fourth-order valence-corrected chi connectivity index (χ4v) is 2.48. The Kier molecular flexibility index (Phi) is 4.02. The summed E-state index contributed by atoms with van der Waals surface area (Å²) < 4.78 is 40.3. The number of pyridine rings is 1. The summed E-state index contributed by atoms with van der Waals surface area (Å²) in [6.45, 7) is 1.12. The molecule has 0 N–H and O–H groups in total. The van der Waals surface area contributed by atoms with E-state index in [4.69, 9.17) is 9.26 Å². The molecule has 0 aromatic carbocycles. The number of halogens is 2. The van der Waals surface area contributed by atoms with Gasteiger partial charge < -0.3 is 14.0 Å². The van der Waals surface area contributed by atoms with Crippen LogP contribution in [0.25, 0.3) is 11.4 Å². The Bertz CT molecular complexity index is 669. The highest BCUT2D eigenvalue weighted by Crippen LogP contribution is 2.34. The molecule has 2 aromatic rings. The predicted molar refractivity (Wildman–Crippen MR) is 71.6 cm³/mol. The van der Waals surface area contributed by atoms with Crippen LogP contribution in [0.3, 0.4) is 0 Å². The molecule has 0 spiro atoms. The van der Waals surface area contributed by atoms with Crippen LogP contribution in [-0.4, -0.2) is 28.3 Å². The molecule has 0 amide bonds. The van der Waals surface area contributed by atoms with E-state index in [0.717, 1.165) is 12.8 Å². The van der Waals surface area contributed by atoms with Crippen LogP contribution in [0.15, 0.2) is 10.6 Å². The van der Waals surface area contributed by atoms with Gasteiger partial charge in [0.25, 0.3) is 5.89 Å². The van der Waals surface area contributed by atoms with Gasteiger partial charge >= 0.3 is 6.61 Å². The van der Waals surface area contributed by atoms with Gasteiger partial charge in [0, 0.05) is 12.3 Å². The average molecular weight is 311 g/mol. The second kappa shape index (κ2) is 5.96. The highest BCUT2D eigenvalue weighted by Gasteiger charge is 2.26. The maximum Gasteiger partial charge on any atom is 0.388 e. The van der Waals surface area contributed by atoms with Gasteiger partial charge in [-0.2, -0.15) is 13.8 Å². The first-order chi connectivity index (χ1) is 10.5. The van der Waals surface area contributed by atoms with E-state index in [0.29, 0.717) is 29.3 Å². The van der Waals surface area contributed by atoms with Gasteiger partial charge in [-0.15, -0.1) is 0 Å². The molecule has 3 rings (SSSR count). The van der Waals surface area contributed by atoms with Gasteiger partial charge in [0.05, 0.1) is 5.56 Å². The van der Waals surface area contributed by atoms with Crippen LogP contribution >= 0.6 is 0 Å². The van der Waals surface area contributed by atoms with Gasteiger partial charge in [-0.05, 0) is 38.3 Å². The van der Waals surface area contributed by atoms with E-state index < -0.39 is 6.61 Å². The number of ether oxygens (including phenoxy) is 2. The van der Waals surface area contributed by atoms with Crippen LogP contribution in [0.2, 0.25) is 0 Å². The van der Waals surface area contributed by atoms with Crippen LogP contribution in [0.1, 0.15) is 36.1 Å². The molecular weight excluding hydrogens is 296 g/mol. The molecular formula is C14H15F2N3O3. The Balaban J connectivity index is 1.99. The summed E-state index contributed by atoms with van der Waals surface area (Å²) >= 11 is 0. The molecule has 22 heavy (non-hydrogen) atoms. The van der Waals surface area contributed by atoms with E-state index in [1.165, 1.54) is 0 Å². The lowest BCUT2D eigenvalue weighted by atomic mass is 10.1. The van der Waals surface area contributed by atoms with Crippen LogP contribution in [-0.2, 0) is 4.74 Å². The van der Waals surface area contributed by atoms with E-state index in [1.54, 1.807) is 19.9 Å². The number of aromatic nitrogens is 3. The summed E-state index contributed by atoms with van der Waals surface area (Å²) in [5, 5.41) is 3.86. The third-order valence-corrected chi connectivity index (χ3v) is 3.38. The monoisotopic (exact) mass is 311 g/mol. The van der Waals surface area contributed by atoms with Gasteiger partial charge in [0.2, 0.25) is 11.7 Å². The molecule has 0 aliphatic carbocycles. The van der Waals surface area contributed by atoms with E-state index in [2.05, 4.69) is 19.9 Å². The Hall–Kier alpha value is -2.09. The quantitative estimate of drug-likeness (QED) is 0.863. The van der Waals surface area contributed by atoms with Crippen molar-refractivity contribution in [1.29, 1.82) is 0 Å². The SMILES string of the molecule is Cc1cc(C)c(-c2noc(C3CCCO3)n2)c(OC(F)F)n1. The number of aryl methyl sites for hydroxylation is 2. The van der Waals surface area contributed by atoms with Crippen molar-refractivity contribution in [3.05, 3.63) is 23.2 Å². The highest BCUT2D eigenvalue weighted by atomic mass is 19.3. The van der Waals surface area contributed by atoms with E-state index in [9.17, 15) is 8.78 Å². The third kappa shape index (κ3) is 2.92. The van der Waals surface area contributed by atoms with Crippen molar-refractivity contribution in [2.24, 2.45) is 0 Å². The van der Waals surface area contributed by atoms with Gasteiger partial charge in [-0.3, -0.25) is 0 Å². The van der Waals surface area contributed by atoms with Crippen molar-refractivity contribution in [3.63, 3.8) is 0 Å². The lowest BCUT2D eigenvalue weighted by molar-refractivity contribution is -0.0525. The molecule has 8 heteroatoms. The molecule has 6 nitrogen and oxygen atoms in total. The number of rotatable bonds is 4. The number of hydrogen-bond acceptors (Lipinski definition) is 6. The molecule has 1 aliphatic heterocycles. The van der Waals surface area contributed by atoms with Crippen molar-refractivity contribution in [1.82, 2.24) is 15.1 Å². The number of nitrogens with zero attached hydrogens (tertiary/aromatic N) is 3. The molecule has 1 fully saturated rings. The fourth-order valence-electron chi connectivity index (χ4n) is 2.48. The minimum absolute atomic E-state index is 0.172.